The lowest BCUT2D eigenvalue weighted by Crippen LogP contribution is -2.34. The van der Waals surface area contributed by atoms with E-state index in [9.17, 15) is 4.79 Å². The quantitative estimate of drug-likeness (QED) is 0.874. The zero-order valence-corrected chi connectivity index (χ0v) is 13.2. The van der Waals surface area contributed by atoms with Crippen molar-refractivity contribution in [1.82, 2.24) is 4.98 Å². The van der Waals surface area contributed by atoms with Gasteiger partial charge < -0.3 is 10.0 Å². The Morgan fingerprint density at radius 3 is 2.95 bits per heavy atom. The van der Waals surface area contributed by atoms with Gasteiger partial charge in [0.2, 0.25) is 0 Å². The highest BCUT2D eigenvalue weighted by Crippen LogP contribution is 2.31. The Balaban J connectivity index is 2.12. The van der Waals surface area contributed by atoms with Crippen molar-refractivity contribution in [2.45, 2.75) is 52.4 Å². The Labute approximate surface area is 124 Å². The van der Waals surface area contributed by atoms with Crippen molar-refractivity contribution in [3.63, 3.8) is 0 Å². The van der Waals surface area contributed by atoms with Crippen LogP contribution in [-0.2, 0) is 17.6 Å². The topological polar surface area (TPSA) is 53.4 Å². The number of rotatable bonds is 6. The molecule has 0 spiro atoms. The zero-order valence-electron chi connectivity index (χ0n) is 12.4. The van der Waals surface area contributed by atoms with E-state index < -0.39 is 5.97 Å². The zero-order chi connectivity index (χ0) is 14.5. The van der Waals surface area contributed by atoms with Crippen molar-refractivity contribution < 1.29 is 9.90 Å². The molecule has 1 N–H and O–H groups in total. The molecule has 1 unspecified atom stereocenters. The molecule has 2 heterocycles. The lowest BCUT2D eigenvalue weighted by Gasteiger charge is -2.30. The van der Waals surface area contributed by atoms with Gasteiger partial charge in [-0.1, -0.05) is 20.3 Å². The highest BCUT2D eigenvalue weighted by Gasteiger charge is 2.21. The van der Waals surface area contributed by atoms with Gasteiger partial charge in [0.1, 0.15) is 0 Å². The number of aryl methyl sites for hydroxylation is 2. The summed E-state index contributed by atoms with van der Waals surface area (Å²) >= 11 is 1.70. The van der Waals surface area contributed by atoms with E-state index in [1.807, 2.05) is 0 Å². The van der Waals surface area contributed by atoms with Gasteiger partial charge in [-0.15, -0.1) is 11.3 Å². The van der Waals surface area contributed by atoms with Gasteiger partial charge in [0.15, 0.2) is 5.13 Å². The summed E-state index contributed by atoms with van der Waals surface area (Å²) in [5, 5.41) is 9.96. The summed E-state index contributed by atoms with van der Waals surface area (Å²) in [4.78, 5) is 19.1. The summed E-state index contributed by atoms with van der Waals surface area (Å²) in [5.74, 6) is -0.00117. The number of aromatic nitrogens is 1. The lowest BCUT2D eigenvalue weighted by molar-refractivity contribution is -0.136. The van der Waals surface area contributed by atoms with Crippen LogP contribution in [0.2, 0.25) is 0 Å². The minimum atomic E-state index is -0.728. The Morgan fingerprint density at radius 2 is 2.30 bits per heavy atom. The molecule has 0 aromatic carbocycles. The number of hydrogen-bond donors (Lipinski definition) is 1. The molecular weight excluding hydrogens is 272 g/mol. The second kappa shape index (κ2) is 7.07. The molecule has 0 aliphatic carbocycles. The van der Waals surface area contributed by atoms with Crippen molar-refractivity contribution in [3.8, 4) is 0 Å². The average Bonchev–Trinajstić information content (AvgIpc) is 2.80. The minimum Gasteiger partial charge on any atom is -0.481 e. The average molecular weight is 296 g/mol. The van der Waals surface area contributed by atoms with Crippen molar-refractivity contribution >= 4 is 22.4 Å². The van der Waals surface area contributed by atoms with Gasteiger partial charge >= 0.3 is 5.97 Å². The number of anilines is 1. The summed E-state index contributed by atoms with van der Waals surface area (Å²) in [7, 11) is 0. The normalized spacial score (nSPS) is 19.3. The molecule has 1 aliphatic heterocycles. The SMILES string of the molecule is CCCc1nc(N2CCCC(C)C2)sc1CCC(=O)O. The highest BCUT2D eigenvalue weighted by molar-refractivity contribution is 7.15. The molecule has 0 saturated carbocycles. The van der Waals surface area contributed by atoms with E-state index in [-0.39, 0.29) is 6.42 Å². The number of piperidine rings is 1. The molecule has 1 saturated heterocycles. The fourth-order valence-electron chi connectivity index (χ4n) is 2.72. The van der Waals surface area contributed by atoms with Crippen LogP contribution in [0.1, 0.15) is 50.1 Å². The van der Waals surface area contributed by atoms with E-state index in [4.69, 9.17) is 10.1 Å². The third-order valence-electron chi connectivity index (χ3n) is 3.75. The van der Waals surface area contributed by atoms with Crippen LogP contribution < -0.4 is 4.90 Å². The van der Waals surface area contributed by atoms with Crippen LogP contribution in [0.5, 0.6) is 0 Å². The highest BCUT2D eigenvalue weighted by atomic mass is 32.1. The van der Waals surface area contributed by atoms with Gasteiger partial charge in [-0.25, -0.2) is 4.98 Å². The van der Waals surface area contributed by atoms with Crippen molar-refractivity contribution in [3.05, 3.63) is 10.6 Å². The van der Waals surface area contributed by atoms with Crippen LogP contribution >= 0.6 is 11.3 Å². The Bertz CT molecular complexity index is 459. The fourth-order valence-corrected chi connectivity index (χ4v) is 3.86. The molecule has 0 amide bonds. The van der Waals surface area contributed by atoms with Crippen LogP contribution in [0.25, 0.3) is 0 Å². The molecule has 5 heteroatoms. The van der Waals surface area contributed by atoms with Crippen molar-refractivity contribution in [1.29, 1.82) is 0 Å². The molecule has 20 heavy (non-hydrogen) atoms. The summed E-state index contributed by atoms with van der Waals surface area (Å²) < 4.78 is 0. The second-order valence-electron chi connectivity index (χ2n) is 5.70. The Hall–Kier alpha value is -1.10. The first-order valence-electron chi connectivity index (χ1n) is 7.55. The van der Waals surface area contributed by atoms with Gasteiger partial charge in [0.05, 0.1) is 12.1 Å². The summed E-state index contributed by atoms with van der Waals surface area (Å²) in [5.41, 5.74) is 1.12. The first-order valence-corrected chi connectivity index (χ1v) is 8.37. The van der Waals surface area contributed by atoms with Gasteiger partial charge in [0.25, 0.3) is 0 Å². The molecule has 0 bridgehead atoms. The first kappa shape index (κ1) is 15.3. The smallest absolute Gasteiger partial charge is 0.303 e. The maximum absolute atomic E-state index is 10.8. The molecule has 1 aromatic heterocycles. The molecule has 4 nitrogen and oxygen atoms in total. The first-order chi connectivity index (χ1) is 9.60. The molecular formula is C15H24N2O2S. The summed E-state index contributed by atoms with van der Waals surface area (Å²) in [6, 6.07) is 0. The van der Waals surface area contributed by atoms with Crippen molar-refractivity contribution in [2.24, 2.45) is 5.92 Å². The Morgan fingerprint density at radius 1 is 1.50 bits per heavy atom. The van der Waals surface area contributed by atoms with Gasteiger partial charge in [-0.2, -0.15) is 0 Å². The third-order valence-corrected chi connectivity index (χ3v) is 4.97. The number of carbonyl (C=O) groups is 1. The van der Waals surface area contributed by atoms with E-state index in [1.165, 1.54) is 17.7 Å². The van der Waals surface area contributed by atoms with Crippen LogP contribution in [-0.4, -0.2) is 29.1 Å². The fraction of sp³-hybridized carbons (Fsp3) is 0.733. The van der Waals surface area contributed by atoms with Crippen LogP contribution in [0.3, 0.4) is 0 Å². The number of carboxylic acid groups (broad SMARTS) is 1. The predicted molar refractivity (Wildman–Crippen MR) is 82.7 cm³/mol. The predicted octanol–water partition coefficient (Wildman–Crippen LogP) is 3.35. The standard InChI is InChI=1S/C15H24N2O2S/c1-3-5-12-13(7-8-14(18)19)20-15(16-12)17-9-4-6-11(2)10-17/h11H,3-10H2,1-2H3,(H,18,19). The number of aliphatic carboxylic acids is 1. The maximum atomic E-state index is 10.8. The van der Waals surface area contributed by atoms with Crippen LogP contribution in [0.15, 0.2) is 0 Å². The monoisotopic (exact) mass is 296 g/mol. The molecule has 1 atom stereocenters. The second-order valence-corrected chi connectivity index (χ2v) is 6.77. The number of thiazole rings is 1. The molecule has 1 aliphatic rings. The Kier molecular flexibility index (Phi) is 5.40. The van der Waals surface area contributed by atoms with E-state index >= 15 is 0 Å². The third kappa shape index (κ3) is 3.95. The number of nitrogens with zero attached hydrogens (tertiary/aromatic N) is 2. The molecule has 1 fully saturated rings. The number of hydrogen-bond acceptors (Lipinski definition) is 4. The van der Waals surface area contributed by atoms with Gasteiger partial charge in [-0.05, 0) is 31.6 Å². The van der Waals surface area contributed by atoms with E-state index in [0.717, 1.165) is 42.7 Å². The lowest BCUT2D eigenvalue weighted by atomic mass is 10.0. The summed E-state index contributed by atoms with van der Waals surface area (Å²) in [6.45, 7) is 6.60. The number of carboxylic acids is 1. The van der Waals surface area contributed by atoms with E-state index in [1.54, 1.807) is 11.3 Å². The summed E-state index contributed by atoms with van der Waals surface area (Å²) in [6.07, 6.45) is 5.36. The van der Waals surface area contributed by atoms with E-state index in [2.05, 4.69) is 18.7 Å². The van der Waals surface area contributed by atoms with Crippen molar-refractivity contribution in [2.75, 3.05) is 18.0 Å². The van der Waals surface area contributed by atoms with Gasteiger partial charge in [-0.3, -0.25) is 4.79 Å². The largest absolute Gasteiger partial charge is 0.481 e. The van der Waals surface area contributed by atoms with Crippen LogP contribution in [0, 0.1) is 5.92 Å². The molecule has 1 aromatic rings. The van der Waals surface area contributed by atoms with Gasteiger partial charge in [0, 0.05) is 18.0 Å². The van der Waals surface area contributed by atoms with Crippen LogP contribution in [0.4, 0.5) is 5.13 Å². The molecule has 112 valence electrons. The molecule has 2 rings (SSSR count). The maximum Gasteiger partial charge on any atom is 0.303 e. The van der Waals surface area contributed by atoms with E-state index in [0.29, 0.717) is 6.42 Å². The minimum absolute atomic E-state index is 0.203. The molecule has 0 radical (unpaired) electrons.